The molecule has 3 aliphatic heterocycles. The zero-order valence-electron chi connectivity index (χ0n) is 32.4. The fraction of sp³-hybridized carbons (Fsp3) is 0.463. The van der Waals surface area contributed by atoms with E-state index in [0.717, 1.165) is 70.5 Å². The van der Waals surface area contributed by atoms with Gasteiger partial charge in [0.05, 0.1) is 50.0 Å². The second-order valence-corrected chi connectivity index (χ2v) is 15.5. The van der Waals surface area contributed by atoms with Crippen LogP contribution in [-0.4, -0.2) is 91.1 Å². The molecule has 0 radical (unpaired) electrons. The summed E-state index contributed by atoms with van der Waals surface area (Å²) in [6.45, 7) is 9.42. The quantitative estimate of drug-likeness (QED) is 0.126. The summed E-state index contributed by atoms with van der Waals surface area (Å²) in [6.07, 6.45) is 4.95. The molecule has 4 atom stereocenters. The molecule has 4 aromatic rings. The third-order valence-electron chi connectivity index (χ3n) is 11.1. The van der Waals surface area contributed by atoms with E-state index in [1.54, 1.807) is 16.0 Å². The number of methoxy groups -OCH3 is 1. The highest BCUT2D eigenvalue weighted by Crippen LogP contribution is 2.38. The highest BCUT2D eigenvalue weighted by atomic mass is 16.5. The number of hydrogen-bond donors (Lipinski definition) is 5. The molecule has 2 fully saturated rings. The van der Waals surface area contributed by atoms with Crippen molar-refractivity contribution in [2.45, 2.75) is 90.8 Å². The monoisotopic (exact) mass is 766 g/mol. The van der Waals surface area contributed by atoms with E-state index in [1.807, 2.05) is 33.9 Å². The number of hydrogen-bond acceptors (Lipinski definition) is 8. The molecule has 0 saturated carbocycles. The Morgan fingerprint density at radius 3 is 2.00 bits per heavy atom. The molecule has 2 saturated heterocycles. The number of imidazole rings is 2. The number of aromatic amines is 2. The Bertz CT molecular complexity index is 2110. The smallest absolute Gasteiger partial charge is 0.407 e. The normalized spacial score (nSPS) is 19.0. The number of amides is 4. The molecule has 3 aliphatic rings. The zero-order valence-corrected chi connectivity index (χ0v) is 32.4. The number of ether oxygens (including phenoxy) is 2. The number of aromatic nitrogens is 4. The van der Waals surface area contributed by atoms with Gasteiger partial charge in [-0.2, -0.15) is 0 Å². The van der Waals surface area contributed by atoms with Crippen molar-refractivity contribution < 1.29 is 33.8 Å². The summed E-state index contributed by atoms with van der Waals surface area (Å²) in [4.78, 5) is 70.4. The van der Waals surface area contributed by atoms with Crippen LogP contribution in [0.25, 0.3) is 33.6 Å². The van der Waals surface area contributed by atoms with Gasteiger partial charge in [0.25, 0.3) is 0 Å². The van der Waals surface area contributed by atoms with Crippen LogP contribution in [0.1, 0.15) is 88.2 Å². The first kappa shape index (κ1) is 38.6. The summed E-state index contributed by atoms with van der Waals surface area (Å²) >= 11 is 0. The lowest BCUT2D eigenvalue weighted by atomic mass is 9.93. The fourth-order valence-corrected chi connectivity index (χ4v) is 8.19. The van der Waals surface area contributed by atoms with E-state index in [9.17, 15) is 24.3 Å². The van der Waals surface area contributed by atoms with E-state index in [2.05, 4.69) is 62.0 Å². The molecule has 0 aliphatic carbocycles. The maximum absolute atomic E-state index is 13.6. The number of likely N-dealkylation sites (tertiary alicyclic amines) is 2. The number of carbonyl (C=O) groups is 4. The van der Waals surface area contributed by atoms with E-state index in [4.69, 9.17) is 14.5 Å². The third-order valence-corrected chi connectivity index (χ3v) is 11.1. The van der Waals surface area contributed by atoms with Crippen LogP contribution >= 0.6 is 0 Å². The molecule has 15 nitrogen and oxygen atoms in total. The first-order chi connectivity index (χ1) is 26.9. The first-order valence-corrected chi connectivity index (χ1v) is 19.3. The van der Waals surface area contributed by atoms with Crippen LogP contribution in [0.3, 0.4) is 0 Å². The van der Waals surface area contributed by atoms with E-state index in [0.29, 0.717) is 38.0 Å². The molecule has 1 unspecified atom stereocenters. The number of alkyl carbamates (subject to hydrolysis) is 1. The fourth-order valence-electron chi connectivity index (χ4n) is 8.19. The highest BCUT2D eigenvalue weighted by molar-refractivity contribution is 5.87. The van der Waals surface area contributed by atoms with Gasteiger partial charge in [-0.25, -0.2) is 19.6 Å². The maximum atomic E-state index is 13.6. The molecule has 2 aromatic heterocycles. The van der Waals surface area contributed by atoms with Crippen molar-refractivity contribution in [2.24, 2.45) is 11.8 Å². The van der Waals surface area contributed by atoms with Gasteiger partial charge in [-0.1, -0.05) is 52.0 Å². The SMILES string of the molecule is COC(=O)N[C@H](C(=O)N1CCCC1c1nc(-c2ccc3c(c2)COCc2cc(-c4cnc([C@@H]5CCCN5C(=O)[C@@H](NC(=O)O)C(C)C)[nH]4)ccc2-3)c[nH]1)C(C)C. The molecule has 7 rings (SSSR count). The molecule has 4 amide bonds. The minimum absolute atomic E-state index is 0.117. The number of benzene rings is 2. The average Bonchev–Trinajstić information content (AvgIpc) is 4.01. The van der Waals surface area contributed by atoms with Crippen LogP contribution in [0.4, 0.5) is 9.59 Å². The van der Waals surface area contributed by atoms with Crippen LogP contribution in [0.5, 0.6) is 0 Å². The van der Waals surface area contributed by atoms with E-state index >= 15 is 0 Å². The topological polar surface area (TPSA) is 195 Å². The van der Waals surface area contributed by atoms with Crippen LogP contribution in [0.15, 0.2) is 48.8 Å². The highest BCUT2D eigenvalue weighted by Gasteiger charge is 2.39. The van der Waals surface area contributed by atoms with Crippen molar-refractivity contribution in [2.75, 3.05) is 20.2 Å². The Balaban J connectivity index is 1.08. The number of H-pyrrole nitrogens is 2. The Kier molecular flexibility index (Phi) is 11.1. The van der Waals surface area contributed by atoms with Gasteiger partial charge >= 0.3 is 12.2 Å². The largest absolute Gasteiger partial charge is 0.465 e. The van der Waals surface area contributed by atoms with Gasteiger partial charge in [-0.3, -0.25) is 9.59 Å². The van der Waals surface area contributed by atoms with Crippen LogP contribution < -0.4 is 10.6 Å². The molecular formula is C41H50N8O7. The number of nitrogens with one attached hydrogen (secondary N) is 4. The maximum Gasteiger partial charge on any atom is 0.407 e. The summed E-state index contributed by atoms with van der Waals surface area (Å²) in [5.41, 5.74) is 7.70. The van der Waals surface area contributed by atoms with Gasteiger partial charge in [-0.05, 0) is 77.5 Å². The lowest BCUT2D eigenvalue weighted by Gasteiger charge is -2.29. The van der Waals surface area contributed by atoms with E-state index in [1.165, 1.54) is 7.11 Å². The van der Waals surface area contributed by atoms with E-state index < -0.39 is 24.3 Å². The minimum Gasteiger partial charge on any atom is -0.465 e. The third kappa shape index (κ3) is 7.72. The van der Waals surface area contributed by atoms with Gasteiger partial charge in [0.2, 0.25) is 11.8 Å². The molecule has 5 heterocycles. The van der Waals surface area contributed by atoms with Crippen molar-refractivity contribution in [3.8, 4) is 33.6 Å². The lowest BCUT2D eigenvalue weighted by Crippen LogP contribution is -2.51. The summed E-state index contributed by atoms with van der Waals surface area (Å²) in [5.74, 6) is 0.684. The number of carbonyl (C=O) groups excluding carboxylic acids is 3. The molecule has 5 N–H and O–H groups in total. The molecule has 0 spiro atoms. The number of rotatable bonds is 10. The van der Waals surface area contributed by atoms with Crippen molar-refractivity contribution in [3.63, 3.8) is 0 Å². The summed E-state index contributed by atoms with van der Waals surface area (Å²) in [6, 6.07) is 10.5. The summed E-state index contributed by atoms with van der Waals surface area (Å²) in [5, 5.41) is 14.4. The standard InChI is InChI=1S/C41H50N8O7/c1-22(2)34(46-40(52)53)38(50)48-14-6-8-32(48)36-42-18-30(44-36)24-10-12-28-26(16-24)20-56-21-27-17-25(11-13-29(27)28)31-19-43-37(45-31)33-9-7-15-49(33)39(51)35(23(3)4)47-41(54)55-5/h10-13,16-19,22-23,32-35,46H,6-9,14-15,20-21H2,1-5H3,(H,42,44)(H,43,45)(H,47,54)(H,52,53)/t32-,33?,34-,35-/m0/s1. The van der Waals surface area contributed by atoms with Crippen LogP contribution in [-0.2, 0) is 32.3 Å². The van der Waals surface area contributed by atoms with Crippen molar-refractivity contribution in [1.29, 1.82) is 0 Å². The molecular weight excluding hydrogens is 716 g/mol. The van der Waals surface area contributed by atoms with Gasteiger partial charge < -0.3 is 45.0 Å². The predicted molar refractivity (Wildman–Crippen MR) is 207 cm³/mol. The Labute approximate surface area is 325 Å². The second kappa shape index (κ2) is 16.2. The van der Waals surface area contributed by atoms with Gasteiger partial charge in [-0.15, -0.1) is 0 Å². The number of carboxylic acid groups (broad SMARTS) is 1. The average molecular weight is 767 g/mol. The van der Waals surface area contributed by atoms with Crippen LogP contribution in [0.2, 0.25) is 0 Å². The summed E-state index contributed by atoms with van der Waals surface area (Å²) in [7, 11) is 1.29. The van der Waals surface area contributed by atoms with Gasteiger partial charge in [0, 0.05) is 24.8 Å². The molecule has 0 bridgehead atoms. The molecule has 56 heavy (non-hydrogen) atoms. The Morgan fingerprint density at radius 2 is 1.41 bits per heavy atom. The first-order valence-electron chi connectivity index (χ1n) is 19.3. The number of fused-ring (bicyclic) bond motifs is 3. The molecule has 296 valence electrons. The Morgan fingerprint density at radius 1 is 0.839 bits per heavy atom. The van der Waals surface area contributed by atoms with E-state index in [-0.39, 0.29) is 35.7 Å². The minimum atomic E-state index is -1.22. The summed E-state index contributed by atoms with van der Waals surface area (Å²) < 4.78 is 11.0. The van der Waals surface area contributed by atoms with Gasteiger partial charge in [0.1, 0.15) is 23.7 Å². The molecule has 15 heteroatoms. The van der Waals surface area contributed by atoms with Crippen molar-refractivity contribution in [3.05, 3.63) is 71.6 Å². The van der Waals surface area contributed by atoms with Crippen molar-refractivity contribution in [1.82, 2.24) is 40.4 Å². The lowest BCUT2D eigenvalue weighted by molar-refractivity contribution is -0.136. The second-order valence-electron chi connectivity index (χ2n) is 15.5. The number of nitrogens with zero attached hydrogens (tertiary/aromatic N) is 4. The zero-order chi connectivity index (χ0) is 39.7. The van der Waals surface area contributed by atoms with Crippen LogP contribution in [0, 0.1) is 11.8 Å². The van der Waals surface area contributed by atoms with Crippen molar-refractivity contribution >= 4 is 24.0 Å². The predicted octanol–water partition coefficient (Wildman–Crippen LogP) is 6.16. The van der Waals surface area contributed by atoms with Gasteiger partial charge in [0.15, 0.2) is 0 Å². The molecule has 2 aromatic carbocycles. The Hall–Kier alpha value is -5.70.